The molecule has 0 saturated carbocycles. The van der Waals surface area contributed by atoms with Crippen molar-refractivity contribution in [3.05, 3.63) is 70.8 Å². The van der Waals surface area contributed by atoms with Crippen LogP contribution in [0.2, 0.25) is 0 Å². The van der Waals surface area contributed by atoms with E-state index in [0.29, 0.717) is 37.6 Å². The smallest absolute Gasteiger partial charge is 0.295 e. The SMILES string of the molecule is CCN(CC)S(=O)(=O)c1ccc(C(O)=C2C(=O)C(=O)N(CCCOC)C2c2ccc(C(C)C)cc2)cc1. The van der Waals surface area contributed by atoms with Crippen LogP contribution < -0.4 is 0 Å². The lowest BCUT2D eigenvalue weighted by Crippen LogP contribution is -2.31. The summed E-state index contributed by atoms with van der Waals surface area (Å²) in [5, 5.41) is 11.3. The highest BCUT2D eigenvalue weighted by Crippen LogP contribution is 2.40. The first-order valence-corrected chi connectivity index (χ1v) is 14.0. The number of carbonyl (C=O) groups is 2. The van der Waals surface area contributed by atoms with Crippen LogP contribution in [0, 0.1) is 0 Å². The summed E-state index contributed by atoms with van der Waals surface area (Å²) in [5.41, 5.74) is 2.07. The molecular weight excluding hydrogens is 492 g/mol. The number of rotatable bonds is 11. The molecule has 8 nitrogen and oxygen atoms in total. The predicted octanol–water partition coefficient (Wildman–Crippen LogP) is 4.30. The van der Waals surface area contributed by atoms with E-state index >= 15 is 0 Å². The second-order valence-corrected chi connectivity index (χ2v) is 11.2. The van der Waals surface area contributed by atoms with E-state index in [1.54, 1.807) is 21.0 Å². The summed E-state index contributed by atoms with van der Waals surface area (Å²) in [6.07, 6.45) is 0.530. The minimum atomic E-state index is -3.67. The lowest BCUT2D eigenvalue weighted by atomic mass is 9.93. The van der Waals surface area contributed by atoms with Gasteiger partial charge in [0.05, 0.1) is 16.5 Å². The lowest BCUT2D eigenvalue weighted by Gasteiger charge is -2.25. The summed E-state index contributed by atoms with van der Waals surface area (Å²) in [7, 11) is -2.10. The second kappa shape index (κ2) is 12.0. The van der Waals surface area contributed by atoms with E-state index in [0.717, 1.165) is 5.56 Å². The Morgan fingerprint density at radius 3 is 2.14 bits per heavy atom. The van der Waals surface area contributed by atoms with E-state index in [4.69, 9.17) is 4.74 Å². The van der Waals surface area contributed by atoms with E-state index in [1.165, 1.54) is 33.5 Å². The minimum absolute atomic E-state index is 0.0148. The first-order chi connectivity index (χ1) is 17.6. The third-order valence-electron chi connectivity index (χ3n) is 6.68. The van der Waals surface area contributed by atoms with Crippen molar-refractivity contribution < 1.29 is 27.9 Å². The number of aliphatic hydroxyl groups is 1. The van der Waals surface area contributed by atoms with Crippen LogP contribution in [0.25, 0.3) is 5.76 Å². The molecule has 9 heteroatoms. The van der Waals surface area contributed by atoms with Gasteiger partial charge >= 0.3 is 0 Å². The quantitative estimate of drug-likeness (QED) is 0.202. The van der Waals surface area contributed by atoms with E-state index in [1.807, 2.05) is 24.3 Å². The summed E-state index contributed by atoms with van der Waals surface area (Å²) >= 11 is 0. The Kier molecular flexibility index (Phi) is 9.28. The van der Waals surface area contributed by atoms with Crippen LogP contribution in [0.3, 0.4) is 0 Å². The fourth-order valence-corrected chi connectivity index (χ4v) is 6.01. The molecule has 1 unspecified atom stereocenters. The normalized spacial score (nSPS) is 17.8. The molecule has 0 bridgehead atoms. The van der Waals surface area contributed by atoms with Crippen LogP contribution >= 0.6 is 0 Å². The maximum absolute atomic E-state index is 13.2. The molecule has 2 aromatic rings. The maximum atomic E-state index is 13.2. The van der Waals surface area contributed by atoms with Gasteiger partial charge in [-0.25, -0.2) is 8.42 Å². The van der Waals surface area contributed by atoms with Gasteiger partial charge in [0.1, 0.15) is 5.76 Å². The van der Waals surface area contributed by atoms with Crippen LogP contribution in [0.1, 0.15) is 62.8 Å². The van der Waals surface area contributed by atoms with Crippen molar-refractivity contribution in [2.24, 2.45) is 0 Å². The van der Waals surface area contributed by atoms with Gasteiger partial charge in [0.2, 0.25) is 10.0 Å². The van der Waals surface area contributed by atoms with Gasteiger partial charge in [0.15, 0.2) is 0 Å². The Balaban J connectivity index is 2.08. The number of hydrogen-bond acceptors (Lipinski definition) is 6. The largest absolute Gasteiger partial charge is 0.507 e. The molecule has 1 amide bonds. The Hall–Kier alpha value is -3.01. The molecule has 0 aromatic heterocycles. The standard InChI is InChI=1S/C28H36N2O6S/c1-6-29(7-2)37(34,35)23-15-13-22(14-16-23)26(31)24-25(21-11-9-20(10-12-21)19(3)4)30(17-8-18-36-5)28(33)27(24)32/h9-16,19,25,31H,6-8,17-18H2,1-5H3. The molecule has 3 rings (SSSR count). The monoisotopic (exact) mass is 528 g/mol. The molecular formula is C28H36N2O6S. The van der Waals surface area contributed by atoms with Gasteiger partial charge in [-0.15, -0.1) is 0 Å². The van der Waals surface area contributed by atoms with E-state index < -0.39 is 27.8 Å². The van der Waals surface area contributed by atoms with Gasteiger partial charge in [0.25, 0.3) is 11.7 Å². The average molecular weight is 529 g/mol. The maximum Gasteiger partial charge on any atom is 0.295 e. The number of aliphatic hydroxyl groups excluding tert-OH is 1. The van der Waals surface area contributed by atoms with Crippen molar-refractivity contribution in [1.29, 1.82) is 0 Å². The number of carbonyl (C=O) groups excluding carboxylic acids is 2. The van der Waals surface area contributed by atoms with Crippen LogP contribution in [0.5, 0.6) is 0 Å². The Bertz CT molecular complexity index is 1250. The second-order valence-electron chi connectivity index (χ2n) is 9.27. The number of amides is 1. The third-order valence-corrected chi connectivity index (χ3v) is 8.74. The number of methoxy groups -OCH3 is 1. The highest BCUT2D eigenvalue weighted by atomic mass is 32.2. The van der Waals surface area contributed by atoms with Crippen LogP contribution in [0.4, 0.5) is 0 Å². The van der Waals surface area contributed by atoms with Gasteiger partial charge in [0, 0.05) is 38.9 Å². The zero-order valence-corrected chi connectivity index (χ0v) is 22.9. The number of ketones is 1. The zero-order chi connectivity index (χ0) is 27.3. The molecule has 200 valence electrons. The molecule has 1 aliphatic heterocycles. The Morgan fingerprint density at radius 1 is 1.03 bits per heavy atom. The Morgan fingerprint density at radius 2 is 1.62 bits per heavy atom. The summed E-state index contributed by atoms with van der Waals surface area (Å²) in [5.74, 6) is -1.48. The minimum Gasteiger partial charge on any atom is -0.507 e. The van der Waals surface area contributed by atoms with Crippen LogP contribution in [-0.2, 0) is 24.3 Å². The highest BCUT2D eigenvalue weighted by Gasteiger charge is 2.45. The Labute approximate surface area is 219 Å². The summed E-state index contributed by atoms with van der Waals surface area (Å²) in [6, 6.07) is 12.6. The number of likely N-dealkylation sites (tertiary alicyclic amines) is 1. The molecule has 37 heavy (non-hydrogen) atoms. The number of hydrogen-bond donors (Lipinski definition) is 1. The lowest BCUT2D eigenvalue weighted by molar-refractivity contribution is -0.140. The molecule has 0 aliphatic carbocycles. The zero-order valence-electron chi connectivity index (χ0n) is 22.1. The molecule has 1 fully saturated rings. The van der Waals surface area contributed by atoms with Gasteiger partial charge in [-0.2, -0.15) is 4.31 Å². The van der Waals surface area contributed by atoms with E-state index in [2.05, 4.69) is 13.8 Å². The first-order valence-electron chi connectivity index (χ1n) is 12.6. The molecule has 0 radical (unpaired) electrons. The van der Waals surface area contributed by atoms with Gasteiger partial charge in [-0.3, -0.25) is 9.59 Å². The van der Waals surface area contributed by atoms with Crippen molar-refractivity contribution >= 4 is 27.5 Å². The average Bonchev–Trinajstić information content (AvgIpc) is 3.14. The number of ether oxygens (including phenoxy) is 1. The van der Waals surface area contributed by atoms with Crippen molar-refractivity contribution in [3.8, 4) is 0 Å². The fourth-order valence-electron chi connectivity index (χ4n) is 4.55. The summed E-state index contributed by atoms with van der Waals surface area (Å²) < 4.78 is 32.2. The van der Waals surface area contributed by atoms with E-state index in [9.17, 15) is 23.1 Å². The third kappa shape index (κ3) is 5.79. The molecule has 1 saturated heterocycles. The molecule has 1 heterocycles. The molecule has 1 N–H and O–H groups in total. The molecule has 2 aromatic carbocycles. The van der Waals surface area contributed by atoms with Crippen LogP contribution in [0.15, 0.2) is 59.0 Å². The summed E-state index contributed by atoms with van der Waals surface area (Å²) in [6.45, 7) is 9.07. The van der Waals surface area contributed by atoms with Crippen molar-refractivity contribution in [1.82, 2.24) is 9.21 Å². The summed E-state index contributed by atoms with van der Waals surface area (Å²) in [4.78, 5) is 27.8. The van der Waals surface area contributed by atoms with Gasteiger partial charge in [-0.1, -0.05) is 52.0 Å². The van der Waals surface area contributed by atoms with Crippen molar-refractivity contribution in [2.75, 3.05) is 33.4 Å². The van der Waals surface area contributed by atoms with Gasteiger partial charge < -0.3 is 14.7 Å². The topological polar surface area (TPSA) is 104 Å². The highest BCUT2D eigenvalue weighted by molar-refractivity contribution is 7.89. The molecule has 1 aliphatic rings. The number of nitrogens with zero attached hydrogens (tertiary/aromatic N) is 2. The number of sulfonamides is 1. The van der Waals surface area contributed by atoms with E-state index in [-0.39, 0.29) is 28.3 Å². The first kappa shape index (κ1) is 28.6. The van der Waals surface area contributed by atoms with Crippen LogP contribution in [-0.4, -0.2) is 67.8 Å². The molecule has 1 atom stereocenters. The van der Waals surface area contributed by atoms with Gasteiger partial charge in [-0.05, 0) is 47.7 Å². The number of benzene rings is 2. The predicted molar refractivity (Wildman–Crippen MR) is 143 cm³/mol. The van der Waals surface area contributed by atoms with Crippen molar-refractivity contribution in [2.45, 2.75) is 51.0 Å². The molecule has 0 spiro atoms. The number of Topliss-reactive ketones (excluding diaryl/α,β-unsaturated/α-hetero) is 1. The van der Waals surface area contributed by atoms with Crippen molar-refractivity contribution in [3.63, 3.8) is 0 Å². The fraction of sp³-hybridized carbons (Fsp3) is 0.429.